The standard InChI is InChI=1S/C29H31ClN2O3S/c1-17(2)24-10-7-18(3)13-26(24)35-12-11-31-28(33)27(36-29(31)34)15-22-14-20(5)32(21(22)6)23-9-8-19(4)25(30)16-23/h7-10,13-17H,11-12H2,1-6H3/b27-15-. The van der Waals surface area contributed by atoms with Crippen molar-refractivity contribution in [3.05, 3.63) is 86.0 Å². The van der Waals surface area contributed by atoms with Crippen LogP contribution in [-0.4, -0.2) is 33.8 Å². The zero-order chi connectivity index (χ0) is 26.1. The van der Waals surface area contributed by atoms with E-state index < -0.39 is 0 Å². The molecule has 0 saturated carbocycles. The van der Waals surface area contributed by atoms with Crippen LogP contribution in [0, 0.1) is 27.7 Å². The van der Waals surface area contributed by atoms with E-state index in [0.29, 0.717) is 15.8 Å². The van der Waals surface area contributed by atoms with Gasteiger partial charge in [0, 0.05) is 22.1 Å². The summed E-state index contributed by atoms with van der Waals surface area (Å²) in [4.78, 5) is 27.4. The zero-order valence-corrected chi connectivity index (χ0v) is 23.1. The molecule has 4 rings (SSSR count). The topological polar surface area (TPSA) is 51.5 Å². The molecule has 1 aliphatic heterocycles. The van der Waals surface area contributed by atoms with Gasteiger partial charge < -0.3 is 9.30 Å². The van der Waals surface area contributed by atoms with Crippen LogP contribution in [0.5, 0.6) is 5.75 Å². The van der Waals surface area contributed by atoms with Crippen LogP contribution in [0.4, 0.5) is 4.79 Å². The van der Waals surface area contributed by atoms with Crippen LogP contribution in [0.15, 0.2) is 47.4 Å². The van der Waals surface area contributed by atoms with Gasteiger partial charge in [-0.05, 0) is 98.0 Å². The number of ether oxygens (including phenoxy) is 1. The van der Waals surface area contributed by atoms with Gasteiger partial charge in [-0.25, -0.2) is 0 Å². The molecule has 3 aromatic rings. The van der Waals surface area contributed by atoms with Gasteiger partial charge >= 0.3 is 0 Å². The van der Waals surface area contributed by atoms with Gasteiger partial charge in [0.05, 0.1) is 11.4 Å². The number of aromatic nitrogens is 1. The molecule has 1 aliphatic rings. The normalized spacial score (nSPS) is 15.0. The fourth-order valence-electron chi connectivity index (χ4n) is 4.38. The van der Waals surface area contributed by atoms with Gasteiger partial charge in [-0.3, -0.25) is 14.5 Å². The number of halogens is 1. The van der Waals surface area contributed by atoms with E-state index in [2.05, 4.69) is 30.5 Å². The molecule has 0 spiro atoms. The lowest BCUT2D eigenvalue weighted by Crippen LogP contribution is -2.32. The molecule has 0 N–H and O–H groups in total. The summed E-state index contributed by atoms with van der Waals surface area (Å²) in [6.07, 6.45) is 1.80. The number of rotatable bonds is 7. The third-order valence-corrected chi connectivity index (χ3v) is 7.72. The maximum Gasteiger partial charge on any atom is 0.293 e. The largest absolute Gasteiger partial charge is 0.491 e. The van der Waals surface area contributed by atoms with Crippen LogP contribution in [-0.2, 0) is 4.79 Å². The minimum absolute atomic E-state index is 0.203. The van der Waals surface area contributed by atoms with Crippen molar-refractivity contribution in [1.29, 1.82) is 0 Å². The summed E-state index contributed by atoms with van der Waals surface area (Å²) >= 11 is 7.32. The lowest BCUT2D eigenvalue weighted by molar-refractivity contribution is -0.123. The van der Waals surface area contributed by atoms with E-state index >= 15 is 0 Å². The molecule has 1 saturated heterocycles. The Kier molecular flexibility index (Phi) is 7.67. The van der Waals surface area contributed by atoms with Gasteiger partial charge in [0.1, 0.15) is 12.4 Å². The summed E-state index contributed by atoms with van der Waals surface area (Å²) in [6.45, 7) is 12.7. The Morgan fingerprint density at radius 3 is 2.47 bits per heavy atom. The Morgan fingerprint density at radius 2 is 1.78 bits per heavy atom. The number of hydrogen-bond acceptors (Lipinski definition) is 4. The van der Waals surface area contributed by atoms with Crippen molar-refractivity contribution >= 4 is 40.6 Å². The Morgan fingerprint density at radius 1 is 1.03 bits per heavy atom. The highest BCUT2D eigenvalue weighted by atomic mass is 35.5. The Labute approximate surface area is 222 Å². The van der Waals surface area contributed by atoms with Crippen LogP contribution in [0.3, 0.4) is 0 Å². The summed E-state index contributed by atoms with van der Waals surface area (Å²) in [7, 11) is 0. The van der Waals surface area contributed by atoms with Crippen LogP contribution in [0.1, 0.15) is 53.4 Å². The molecule has 0 aliphatic carbocycles. The summed E-state index contributed by atoms with van der Waals surface area (Å²) in [5.41, 5.74) is 7.08. The van der Waals surface area contributed by atoms with Gasteiger partial charge in [-0.15, -0.1) is 0 Å². The quantitative estimate of drug-likeness (QED) is 0.300. The van der Waals surface area contributed by atoms with Crippen molar-refractivity contribution in [3.63, 3.8) is 0 Å². The molecule has 0 bridgehead atoms. The number of carbonyl (C=O) groups is 2. The van der Waals surface area contributed by atoms with Crippen molar-refractivity contribution in [2.75, 3.05) is 13.2 Å². The summed E-state index contributed by atoms with van der Waals surface area (Å²) < 4.78 is 8.11. The number of carbonyl (C=O) groups excluding carboxylic acids is 2. The predicted molar refractivity (Wildman–Crippen MR) is 148 cm³/mol. The average molecular weight is 523 g/mol. The number of aryl methyl sites for hydroxylation is 3. The molecule has 2 amide bonds. The van der Waals surface area contributed by atoms with E-state index in [1.165, 1.54) is 4.90 Å². The zero-order valence-electron chi connectivity index (χ0n) is 21.5. The number of hydrogen-bond donors (Lipinski definition) is 0. The molecule has 7 heteroatoms. The Hall–Kier alpha value is -2.96. The first-order valence-electron chi connectivity index (χ1n) is 12.0. The first-order chi connectivity index (χ1) is 17.1. The number of imide groups is 1. The SMILES string of the molecule is Cc1ccc(C(C)C)c(OCCN2C(=O)S/C(=C\c3cc(C)n(-c4ccc(C)c(Cl)c4)c3C)C2=O)c1. The van der Waals surface area contributed by atoms with Crippen molar-refractivity contribution in [2.45, 2.75) is 47.5 Å². The molecule has 0 radical (unpaired) electrons. The Bertz CT molecular complexity index is 1370. The first kappa shape index (κ1) is 26.1. The number of amides is 2. The molecule has 2 heterocycles. The molecule has 0 atom stereocenters. The van der Waals surface area contributed by atoms with E-state index in [-0.39, 0.29) is 24.3 Å². The highest BCUT2D eigenvalue weighted by molar-refractivity contribution is 8.18. The van der Waals surface area contributed by atoms with Gasteiger partial charge in [0.2, 0.25) is 0 Å². The molecular weight excluding hydrogens is 492 g/mol. The van der Waals surface area contributed by atoms with Crippen molar-refractivity contribution in [2.24, 2.45) is 0 Å². The fourth-order valence-corrected chi connectivity index (χ4v) is 5.41. The molecule has 5 nitrogen and oxygen atoms in total. The van der Waals surface area contributed by atoms with Crippen LogP contribution in [0.25, 0.3) is 11.8 Å². The maximum absolute atomic E-state index is 13.1. The average Bonchev–Trinajstić information content (AvgIpc) is 3.24. The smallest absolute Gasteiger partial charge is 0.293 e. The monoisotopic (exact) mass is 522 g/mol. The summed E-state index contributed by atoms with van der Waals surface area (Å²) in [5.74, 6) is 0.831. The lowest BCUT2D eigenvalue weighted by Gasteiger charge is -2.17. The van der Waals surface area contributed by atoms with Crippen molar-refractivity contribution < 1.29 is 14.3 Å². The highest BCUT2D eigenvalue weighted by Gasteiger charge is 2.35. The maximum atomic E-state index is 13.1. The minimum atomic E-state index is -0.287. The van der Waals surface area contributed by atoms with Crippen LogP contribution < -0.4 is 4.74 Å². The summed E-state index contributed by atoms with van der Waals surface area (Å²) in [6, 6.07) is 14.1. The lowest BCUT2D eigenvalue weighted by atomic mass is 10.0. The minimum Gasteiger partial charge on any atom is -0.491 e. The van der Waals surface area contributed by atoms with Gasteiger partial charge in [-0.1, -0.05) is 43.6 Å². The number of nitrogens with zero attached hydrogens (tertiary/aromatic N) is 2. The highest BCUT2D eigenvalue weighted by Crippen LogP contribution is 2.34. The molecule has 2 aromatic carbocycles. The molecular formula is C29H31ClN2O3S. The molecule has 0 unspecified atom stereocenters. The molecule has 1 fully saturated rings. The second-order valence-electron chi connectivity index (χ2n) is 9.47. The van der Waals surface area contributed by atoms with E-state index in [4.69, 9.17) is 16.3 Å². The van der Waals surface area contributed by atoms with Crippen LogP contribution in [0.2, 0.25) is 5.02 Å². The molecule has 36 heavy (non-hydrogen) atoms. The first-order valence-corrected chi connectivity index (χ1v) is 13.2. The predicted octanol–water partition coefficient (Wildman–Crippen LogP) is 7.60. The van der Waals surface area contributed by atoms with Gasteiger partial charge in [-0.2, -0.15) is 0 Å². The number of thioether (sulfide) groups is 1. The number of benzene rings is 2. The van der Waals surface area contributed by atoms with Crippen LogP contribution >= 0.6 is 23.4 Å². The van der Waals surface area contributed by atoms with Crippen molar-refractivity contribution in [1.82, 2.24) is 9.47 Å². The second kappa shape index (κ2) is 10.6. The van der Waals surface area contributed by atoms with E-state index in [1.54, 1.807) is 6.08 Å². The molecule has 1 aromatic heterocycles. The third kappa shape index (κ3) is 5.25. The second-order valence-corrected chi connectivity index (χ2v) is 10.9. The van der Waals surface area contributed by atoms with E-state index in [0.717, 1.165) is 56.8 Å². The van der Waals surface area contributed by atoms with E-state index in [9.17, 15) is 9.59 Å². The molecule has 188 valence electrons. The summed E-state index contributed by atoms with van der Waals surface area (Å²) in [5, 5.41) is 0.429. The fraction of sp³-hybridized carbons (Fsp3) is 0.310. The van der Waals surface area contributed by atoms with E-state index in [1.807, 2.05) is 58.0 Å². The third-order valence-electron chi connectivity index (χ3n) is 6.41. The van der Waals surface area contributed by atoms with Crippen molar-refractivity contribution in [3.8, 4) is 11.4 Å². The Balaban J connectivity index is 1.50. The van der Waals surface area contributed by atoms with Gasteiger partial charge in [0.25, 0.3) is 11.1 Å². The van der Waals surface area contributed by atoms with Gasteiger partial charge in [0.15, 0.2) is 0 Å².